The molecule has 1 aromatic carbocycles. The van der Waals surface area contributed by atoms with Crippen molar-refractivity contribution < 1.29 is 24.2 Å². The normalized spacial score (nSPS) is 23.9. The third-order valence-electron chi connectivity index (χ3n) is 5.86. The lowest BCUT2D eigenvalue weighted by Crippen LogP contribution is -2.37. The quantitative estimate of drug-likeness (QED) is 0.708. The monoisotopic (exact) mass is 373 g/mol. The number of carbonyl (C=O) groups excluding carboxylic acids is 2. The van der Waals surface area contributed by atoms with Crippen LogP contribution in [0.2, 0.25) is 0 Å². The third-order valence-corrected chi connectivity index (χ3v) is 5.86. The molecule has 6 heteroatoms. The summed E-state index contributed by atoms with van der Waals surface area (Å²) < 4.78 is 5.50. The molecule has 0 radical (unpaired) electrons. The number of Topliss-reactive ketones (excluding diaryl/α,β-unsaturated/α-hetero) is 1. The number of carboxylic acids is 1. The number of rotatable bonds is 8. The van der Waals surface area contributed by atoms with Gasteiger partial charge >= 0.3 is 5.97 Å². The fourth-order valence-corrected chi connectivity index (χ4v) is 4.31. The molecule has 0 aromatic heterocycles. The highest BCUT2D eigenvalue weighted by Gasteiger charge is 2.55. The van der Waals surface area contributed by atoms with E-state index in [-0.39, 0.29) is 37.0 Å². The molecule has 1 saturated carbocycles. The van der Waals surface area contributed by atoms with Gasteiger partial charge in [0, 0.05) is 31.5 Å². The average molecular weight is 373 g/mol. The van der Waals surface area contributed by atoms with Crippen molar-refractivity contribution in [1.29, 1.82) is 0 Å². The Morgan fingerprint density at radius 3 is 2.59 bits per heavy atom. The van der Waals surface area contributed by atoms with Gasteiger partial charge in [0.15, 0.2) is 5.78 Å². The van der Waals surface area contributed by atoms with Gasteiger partial charge in [0.25, 0.3) is 0 Å². The molecule has 1 saturated heterocycles. The number of amides is 1. The molecule has 2 fully saturated rings. The second kappa shape index (κ2) is 8.11. The maximum absolute atomic E-state index is 12.5. The van der Waals surface area contributed by atoms with Crippen LogP contribution in [0.4, 0.5) is 0 Å². The molecular weight excluding hydrogens is 346 g/mol. The Labute approximate surface area is 159 Å². The lowest BCUT2D eigenvalue weighted by Gasteiger charge is -2.23. The van der Waals surface area contributed by atoms with E-state index < -0.39 is 11.4 Å². The molecule has 0 spiro atoms. The lowest BCUT2D eigenvalue weighted by atomic mass is 9.81. The first-order valence-corrected chi connectivity index (χ1v) is 9.73. The number of nitrogens with zero attached hydrogens (tertiary/aromatic N) is 1. The fourth-order valence-electron chi connectivity index (χ4n) is 4.31. The molecule has 146 valence electrons. The van der Waals surface area contributed by atoms with Crippen molar-refractivity contribution in [2.24, 2.45) is 11.3 Å². The van der Waals surface area contributed by atoms with Crippen LogP contribution < -0.4 is 4.74 Å². The van der Waals surface area contributed by atoms with E-state index in [4.69, 9.17) is 4.74 Å². The van der Waals surface area contributed by atoms with E-state index >= 15 is 0 Å². The Morgan fingerprint density at radius 1 is 1.22 bits per heavy atom. The standard InChI is InChI=1S/C21H27NO5/c1-2-12-27-17-7-5-15(6-8-17)18(23)9-10-19(24)22-13-16-4-3-11-21(16,14-22)20(25)26/h5-8,16H,2-4,9-14H2,1H3,(H,25,26)/t16-,21+/m0/s1. The number of carbonyl (C=O) groups is 3. The Hall–Kier alpha value is -2.37. The summed E-state index contributed by atoms with van der Waals surface area (Å²) in [5.74, 6) is -0.224. The Kier molecular flexibility index (Phi) is 5.82. The number of benzene rings is 1. The number of ketones is 1. The Bertz CT molecular complexity index is 714. The fraction of sp³-hybridized carbons (Fsp3) is 0.571. The molecule has 0 unspecified atom stereocenters. The number of fused-ring (bicyclic) bond motifs is 1. The van der Waals surface area contributed by atoms with E-state index in [0.29, 0.717) is 25.1 Å². The predicted molar refractivity (Wildman–Crippen MR) is 99.8 cm³/mol. The minimum absolute atomic E-state index is 0.0466. The molecule has 1 amide bonds. The van der Waals surface area contributed by atoms with Gasteiger partial charge in [0.05, 0.1) is 12.0 Å². The molecule has 1 heterocycles. The van der Waals surface area contributed by atoms with Crippen LogP contribution in [0.3, 0.4) is 0 Å². The number of hydrogen-bond acceptors (Lipinski definition) is 4. The highest BCUT2D eigenvalue weighted by Crippen LogP contribution is 2.49. The van der Waals surface area contributed by atoms with E-state index in [1.807, 2.05) is 6.92 Å². The summed E-state index contributed by atoms with van der Waals surface area (Å²) in [6.45, 7) is 3.45. The number of aliphatic carboxylic acids is 1. The highest BCUT2D eigenvalue weighted by molar-refractivity contribution is 5.98. The Morgan fingerprint density at radius 2 is 1.96 bits per heavy atom. The lowest BCUT2D eigenvalue weighted by molar-refractivity contribution is -0.149. The zero-order valence-electron chi connectivity index (χ0n) is 15.8. The Balaban J connectivity index is 1.52. The zero-order valence-corrected chi connectivity index (χ0v) is 15.8. The van der Waals surface area contributed by atoms with Gasteiger partial charge in [-0.2, -0.15) is 0 Å². The van der Waals surface area contributed by atoms with Crippen LogP contribution in [-0.2, 0) is 9.59 Å². The molecule has 0 bridgehead atoms. The maximum atomic E-state index is 12.5. The van der Waals surface area contributed by atoms with Gasteiger partial charge in [-0.1, -0.05) is 13.3 Å². The van der Waals surface area contributed by atoms with Crippen molar-refractivity contribution in [1.82, 2.24) is 4.90 Å². The van der Waals surface area contributed by atoms with Gasteiger partial charge in [-0.25, -0.2) is 0 Å². The molecule has 3 rings (SSSR count). The summed E-state index contributed by atoms with van der Waals surface area (Å²) in [4.78, 5) is 38.2. The molecule has 1 aliphatic heterocycles. The second-order valence-corrected chi connectivity index (χ2v) is 7.62. The van der Waals surface area contributed by atoms with Gasteiger partial charge in [-0.05, 0) is 49.4 Å². The third kappa shape index (κ3) is 3.99. The van der Waals surface area contributed by atoms with Gasteiger partial charge in [-0.15, -0.1) is 0 Å². The first-order chi connectivity index (χ1) is 13.0. The van der Waals surface area contributed by atoms with E-state index in [1.54, 1.807) is 29.2 Å². The van der Waals surface area contributed by atoms with Gasteiger partial charge in [-0.3, -0.25) is 14.4 Å². The first kappa shape index (κ1) is 19.4. The van der Waals surface area contributed by atoms with Crippen LogP contribution in [0, 0.1) is 11.3 Å². The van der Waals surface area contributed by atoms with Crippen molar-refractivity contribution in [2.75, 3.05) is 19.7 Å². The van der Waals surface area contributed by atoms with Crippen LogP contribution in [0.25, 0.3) is 0 Å². The molecule has 1 aliphatic carbocycles. The zero-order chi connectivity index (χ0) is 19.4. The van der Waals surface area contributed by atoms with Gasteiger partial charge in [0.2, 0.25) is 5.91 Å². The molecule has 2 aliphatic rings. The molecule has 1 N–H and O–H groups in total. The van der Waals surface area contributed by atoms with Crippen molar-refractivity contribution in [3.05, 3.63) is 29.8 Å². The van der Waals surface area contributed by atoms with E-state index in [9.17, 15) is 19.5 Å². The minimum atomic E-state index is -0.790. The molecule has 2 atom stereocenters. The van der Waals surface area contributed by atoms with E-state index in [1.165, 1.54) is 0 Å². The van der Waals surface area contributed by atoms with Gasteiger partial charge in [0.1, 0.15) is 5.75 Å². The van der Waals surface area contributed by atoms with Crippen LogP contribution in [0.1, 0.15) is 55.8 Å². The summed E-state index contributed by atoms with van der Waals surface area (Å²) in [6, 6.07) is 6.97. The minimum Gasteiger partial charge on any atom is -0.494 e. The van der Waals surface area contributed by atoms with Crippen LogP contribution >= 0.6 is 0 Å². The second-order valence-electron chi connectivity index (χ2n) is 7.62. The summed E-state index contributed by atoms with van der Waals surface area (Å²) >= 11 is 0. The van der Waals surface area contributed by atoms with Crippen LogP contribution in [0.15, 0.2) is 24.3 Å². The van der Waals surface area contributed by atoms with E-state index in [2.05, 4.69) is 0 Å². The van der Waals surface area contributed by atoms with E-state index in [0.717, 1.165) is 25.0 Å². The van der Waals surface area contributed by atoms with Crippen molar-refractivity contribution in [2.45, 2.75) is 45.4 Å². The smallest absolute Gasteiger partial charge is 0.311 e. The average Bonchev–Trinajstić information content (AvgIpc) is 3.23. The van der Waals surface area contributed by atoms with Crippen molar-refractivity contribution >= 4 is 17.7 Å². The maximum Gasteiger partial charge on any atom is 0.311 e. The van der Waals surface area contributed by atoms with Crippen LogP contribution in [0.5, 0.6) is 5.75 Å². The molecule has 6 nitrogen and oxygen atoms in total. The SMILES string of the molecule is CCCOc1ccc(C(=O)CCC(=O)N2C[C@@H]3CCC[C@@]3(C(=O)O)C2)cc1. The highest BCUT2D eigenvalue weighted by atomic mass is 16.5. The van der Waals surface area contributed by atoms with Crippen molar-refractivity contribution in [3.63, 3.8) is 0 Å². The number of carboxylic acid groups (broad SMARTS) is 1. The summed E-state index contributed by atoms with van der Waals surface area (Å²) in [5.41, 5.74) is -0.208. The van der Waals surface area contributed by atoms with Gasteiger partial charge < -0.3 is 14.7 Å². The predicted octanol–water partition coefficient (Wildman–Crippen LogP) is 3.15. The molecular formula is C21H27NO5. The number of hydrogen-bond donors (Lipinski definition) is 1. The largest absolute Gasteiger partial charge is 0.494 e. The van der Waals surface area contributed by atoms with Crippen molar-refractivity contribution in [3.8, 4) is 5.75 Å². The van der Waals surface area contributed by atoms with Crippen LogP contribution in [-0.4, -0.2) is 47.4 Å². The topological polar surface area (TPSA) is 83.9 Å². The number of ether oxygens (including phenoxy) is 1. The summed E-state index contributed by atoms with van der Waals surface area (Å²) in [5, 5.41) is 9.61. The summed E-state index contributed by atoms with van der Waals surface area (Å²) in [6.07, 6.45) is 3.59. The number of likely N-dealkylation sites (tertiary alicyclic amines) is 1. The molecule has 27 heavy (non-hydrogen) atoms. The summed E-state index contributed by atoms with van der Waals surface area (Å²) in [7, 11) is 0. The molecule has 1 aromatic rings. The first-order valence-electron chi connectivity index (χ1n) is 9.73.